The fourth-order valence-corrected chi connectivity index (χ4v) is 1.84. The number of hydrogen-bond donors (Lipinski definition) is 1. The number of carbonyl (C=O) groups is 2. The Morgan fingerprint density at radius 2 is 2.25 bits per heavy atom. The van der Waals surface area contributed by atoms with Crippen molar-refractivity contribution in [2.75, 3.05) is 33.4 Å². The van der Waals surface area contributed by atoms with Gasteiger partial charge in [-0.05, 0) is 19.9 Å². The molecule has 16 heavy (non-hydrogen) atoms. The van der Waals surface area contributed by atoms with Gasteiger partial charge in [0.25, 0.3) is 0 Å². The second kappa shape index (κ2) is 6.60. The molecule has 0 aromatic carbocycles. The number of ether oxygens (including phenoxy) is 1. The number of ketones is 1. The van der Waals surface area contributed by atoms with Crippen LogP contribution in [0.3, 0.4) is 0 Å². The molecular formula is C11H20N2O3. The first-order valence-electron chi connectivity index (χ1n) is 5.68. The molecular weight excluding hydrogens is 208 g/mol. The number of likely N-dealkylation sites (N-methyl/N-ethyl adjacent to an activating group) is 1. The van der Waals surface area contributed by atoms with Crippen molar-refractivity contribution < 1.29 is 14.3 Å². The van der Waals surface area contributed by atoms with E-state index in [1.165, 1.54) is 0 Å². The van der Waals surface area contributed by atoms with Gasteiger partial charge in [0.1, 0.15) is 11.8 Å². The Bertz CT molecular complexity index is 256. The van der Waals surface area contributed by atoms with Gasteiger partial charge in [-0.25, -0.2) is 0 Å². The minimum absolute atomic E-state index is 0.0116. The van der Waals surface area contributed by atoms with E-state index in [0.29, 0.717) is 19.6 Å². The molecule has 1 aliphatic heterocycles. The highest BCUT2D eigenvalue weighted by atomic mass is 16.5. The summed E-state index contributed by atoms with van der Waals surface area (Å²) in [6.45, 7) is 4.24. The third-order valence-corrected chi connectivity index (χ3v) is 2.76. The second-order valence-corrected chi connectivity index (χ2v) is 4.05. The monoisotopic (exact) mass is 228 g/mol. The molecule has 1 amide bonds. The number of hydrogen-bond acceptors (Lipinski definition) is 4. The van der Waals surface area contributed by atoms with E-state index in [1.807, 2.05) is 0 Å². The quantitative estimate of drug-likeness (QED) is 0.708. The zero-order valence-corrected chi connectivity index (χ0v) is 9.99. The van der Waals surface area contributed by atoms with Gasteiger partial charge in [-0.3, -0.25) is 9.69 Å². The average Bonchev–Trinajstić information content (AvgIpc) is 2.28. The topological polar surface area (TPSA) is 58.6 Å². The van der Waals surface area contributed by atoms with Crippen LogP contribution in [-0.2, 0) is 14.3 Å². The molecule has 1 unspecified atom stereocenters. The number of carbonyl (C=O) groups excluding carboxylic acids is 2. The van der Waals surface area contributed by atoms with E-state index in [2.05, 4.69) is 10.2 Å². The number of nitrogens with one attached hydrogen (secondary N) is 1. The minimum Gasteiger partial charge on any atom is -0.378 e. The van der Waals surface area contributed by atoms with Crippen LogP contribution in [0, 0.1) is 0 Å². The van der Waals surface area contributed by atoms with Crippen LogP contribution >= 0.6 is 0 Å². The normalized spacial score (nSPS) is 21.8. The molecule has 0 aliphatic carbocycles. The Kier molecular flexibility index (Phi) is 5.42. The number of nitrogens with zero attached hydrogens (tertiary/aromatic N) is 1. The lowest BCUT2D eigenvalue weighted by Crippen LogP contribution is -2.53. The van der Waals surface area contributed by atoms with E-state index in [0.717, 1.165) is 19.5 Å². The molecule has 1 heterocycles. The van der Waals surface area contributed by atoms with Crippen LogP contribution in [0.2, 0.25) is 0 Å². The van der Waals surface area contributed by atoms with Crippen LogP contribution in [0.25, 0.3) is 0 Å². The molecule has 0 spiro atoms. The summed E-state index contributed by atoms with van der Waals surface area (Å²) in [7, 11) is 1.63. The molecule has 1 aliphatic rings. The van der Waals surface area contributed by atoms with Crippen molar-refractivity contribution in [1.29, 1.82) is 0 Å². The van der Waals surface area contributed by atoms with Gasteiger partial charge in [0.15, 0.2) is 0 Å². The molecule has 1 rings (SSSR count). The molecule has 0 aromatic rings. The maximum Gasteiger partial charge on any atom is 0.239 e. The first-order valence-corrected chi connectivity index (χ1v) is 5.68. The smallest absolute Gasteiger partial charge is 0.239 e. The lowest BCUT2D eigenvalue weighted by Gasteiger charge is -2.34. The molecule has 0 bridgehead atoms. The van der Waals surface area contributed by atoms with E-state index >= 15 is 0 Å². The largest absolute Gasteiger partial charge is 0.378 e. The van der Waals surface area contributed by atoms with E-state index in [1.54, 1.807) is 14.0 Å². The van der Waals surface area contributed by atoms with Gasteiger partial charge in [-0.2, -0.15) is 0 Å². The van der Waals surface area contributed by atoms with Crippen LogP contribution in [0.15, 0.2) is 0 Å². The predicted molar refractivity (Wildman–Crippen MR) is 60.2 cm³/mol. The average molecular weight is 228 g/mol. The fraction of sp³-hybridized carbons (Fsp3) is 0.818. The number of Topliss-reactive ketones (excluding diaryl/α,β-unsaturated/α-hetero) is 1. The Labute approximate surface area is 96.1 Å². The first-order chi connectivity index (χ1) is 7.65. The van der Waals surface area contributed by atoms with Crippen molar-refractivity contribution in [1.82, 2.24) is 10.2 Å². The molecule has 0 aromatic heterocycles. The van der Waals surface area contributed by atoms with Crippen molar-refractivity contribution in [2.24, 2.45) is 0 Å². The van der Waals surface area contributed by atoms with Crippen LogP contribution < -0.4 is 5.32 Å². The van der Waals surface area contributed by atoms with Crippen LogP contribution in [0.4, 0.5) is 0 Å². The zero-order chi connectivity index (χ0) is 12.0. The molecule has 5 nitrogen and oxygen atoms in total. The van der Waals surface area contributed by atoms with Gasteiger partial charge in [0, 0.05) is 20.0 Å². The summed E-state index contributed by atoms with van der Waals surface area (Å²) < 4.78 is 5.29. The summed E-state index contributed by atoms with van der Waals surface area (Å²) in [6.07, 6.45) is 1.39. The van der Waals surface area contributed by atoms with Gasteiger partial charge in [-0.15, -0.1) is 0 Å². The van der Waals surface area contributed by atoms with Crippen molar-refractivity contribution >= 4 is 11.7 Å². The Morgan fingerprint density at radius 1 is 1.50 bits per heavy atom. The maximum atomic E-state index is 11.6. The lowest BCUT2D eigenvalue weighted by atomic mass is 10.1. The number of morpholine rings is 1. The predicted octanol–water partition coefficient (Wildman–Crippen LogP) is -0.198. The summed E-state index contributed by atoms with van der Waals surface area (Å²) in [5.74, 6) is 0.187. The molecule has 92 valence electrons. The summed E-state index contributed by atoms with van der Waals surface area (Å²) in [5.41, 5.74) is 0. The fourth-order valence-electron chi connectivity index (χ4n) is 1.84. The van der Waals surface area contributed by atoms with E-state index in [-0.39, 0.29) is 17.7 Å². The molecule has 0 radical (unpaired) electrons. The van der Waals surface area contributed by atoms with Gasteiger partial charge in [0.2, 0.25) is 5.91 Å². The van der Waals surface area contributed by atoms with E-state index in [4.69, 9.17) is 4.74 Å². The molecule has 1 fully saturated rings. The first kappa shape index (κ1) is 13.1. The van der Waals surface area contributed by atoms with Crippen molar-refractivity contribution in [3.63, 3.8) is 0 Å². The second-order valence-electron chi connectivity index (χ2n) is 4.05. The van der Waals surface area contributed by atoms with E-state index in [9.17, 15) is 9.59 Å². The third kappa shape index (κ3) is 3.90. The van der Waals surface area contributed by atoms with Gasteiger partial charge in [-0.1, -0.05) is 0 Å². The summed E-state index contributed by atoms with van der Waals surface area (Å²) in [4.78, 5) is 24.5. The van der Waals surface area contributed by atoms with Gasteiger partial charge < -0.3 is 14.8 Å². The number of rotatable bonds is 5. The van der Waals surface area contributed by atoms with E-state index < -0.39 is 0 Å². The highest BCUT2D eigenvalue weighted by Crippen LogP contribution is 2.08. The molecule has 1 atom stereocenters. The Hall–Kier alpha value is -0.940. The van der Waals surface area contributed by atoms with Gasteiger partial charge in [0.05, 0.1) is 13.2 Å². The van der Waals surface area contributed by atoms with Crippen LogP contribution in [0.5, 0.6) is 0 Å². The lowest BCUT2D eigenvalue weighted by molar-refractivity contribution is -0.132. The molecule has 1 saturated heterocycles. The van der Waals surface area contributed by atoms with Crippen molar-refractivity contribution in [3.8, 4) is 0 Å². The Morgan fingerprint density at radius 3 is 2.88 bits per heavy atom. The Balaban J connectivity index is 2.40. The summed E-state index contributed by atoms with van der Waals surface area (Å²) in [6, 6.07) is -0.203. The standard InChI is InChI=1S/C11H20N2O3/c1-9(14)4-3-5-13-6-7-16-8-10(13)11(15)12-2/h10H,3-8H2,1-2H3,(H,12,15). The highest BCUT2D eigenvalue weighted by Gasteiger charge is 2.28. The summed E-state index contributed by atoms with van der Waals surface area (Å²) in [5, 5.41) is 2.64. The van der Waals surface area contributed by atoms with Crippen LogP contribution in [0.1, 0.15) is 19.8 Å². The zero-order valence-electron chi connectivity index (χ0n) is 9.99. The maximum absolute atomic E-state index is 11.6. The molecule has 1 N–H and O–H groups in total. The summed E-state index contributed by atoms with van der Waals surface area (Å²) >= 11 is 0. The van der Waals surface area contributed by atoms with Crippen molar-refractivity contribution in [2.45, 2.75) is 25.8 Å². The third-order valence-electron chi connectivity index (χ3n) is 2.76. The van der Waals surface area contributed by atoms with Crippen LogP contribution in [-0.4, -0.2) is 56.0 Å². The van der Waals surface area contributed by atoms with Crippen molar-refractivity contribution in [3.05, 3.63) is 0 Å². The highest BCUT2D eigenvalue weighted by molar-refractivity contribution is 5.81. The van der Waals surface area contributed by atoms with Gasteiger partial charge >= 0.3 is 0 Å². The molecule has 0 saturated carbocycles. The SMILES string of the molecule is CNC(=O)C1COCCN1CCCC(C)=O. The molecule has 5 heteroatoms. The number of amides is 1. The minimum atomic E-state index is -0.203.